The zero-order valence-electron chi connectivity index (χ0n) is 15.5. The first-order valence-electron chi connectivity index (χ1n) is 7.79. The van der Waals surface area contributed by atoms with E-state index in [0.717, 1.165) is 0 Å². The molecular weight excluding hydrogens is 294 g/mol. The van der Waals surface area contributed by atoms with Gasteiger partial charge in [0.2, 0.25) is 0 Å². The quantitative estimate of drug-likeness (QED) is 0.576. The molecule has 0 saturated carbocycles. The van der Waals surface area contributed by atoms with E-state index >= 15 is 0 Å². The summed E-state index contributed by atoms with van der Waals surface area (Å²) in [7, 11) is -1.52. The van der Waals surface area contributed by atoms with Crippen molar-refractivity contribution in [3.63, 3.8) is 0 Å². The summed E-state index contributed by atoms with van der Waals surface area (Å²) in [4.78, 5) is 0. The van der Waals surface area contributed by atoms with Gasteiger partial charge in [0, 0.05) is 0 Å². The van der Waals surface area contributed by atoms with Crippen molar-refractivity contribution < 1.29 is 18.1 Å². The molecule has 20 heavy (non-hydrogen) atoms. The minimum atomic E-state index is -1.52. The summed E-state index contributed by atoms with van der Waals surface area (Å²) in [6.07, 6.45) is 0. The summed E-state index contributed by atoms with van der Waals surface area (Å²) in [5, 5.41) is 5.04. The van der Waals surface area contributed by atoms with Crippen LogP contribution in [0.1, 0.15) is 48.5 Å². The topological polar surface area (TPSA) is 3.24 Å². The first kappa shape index (κ1) is 18.4. The molecule has 0 N–H and O–H groups in total. The van der Waals surface area contributed by atoms with Crippen molar-refractivity contribution >= 4 is 8.24 Å². The van der Waals surface area contributed by atoms with Crippen molar-refractivity contribution in [2.75, 3.05) is 0 Å². The van der Waals surface area contributed by atoms with E-state index in [0.29, 0.717) is 11.1 Å². The Labute approximate surface area is 134 Å². The van der Waals surface area contributed by atoms with Crippen LogP contribution in [0.25, 0.3) is 0 Å². The van der Waals surface area contributed by atoms with Crippen molar-refractivity contribution in [3.05, 3.63) is 22.3 Å². The first-order valence-corrected chi connectivity index (χ1v) is 14.6. The molecule has 0 spiro atoms. The van der Waals surface area contributed by atoms with Gasteiger partial charge in [-0.3, -0.25) is 0 Å². The van der Waals surface area contributed by atoms with Crippen LogP contribution in [0.4, 0.5) is 0 Å². The van der Waals surface area contributed by atoms with Gasteiger partial charge in [-0.25, -0.2) is 0 Å². The molecule has 1 aliphatic rings. The Morgan fingerprint density at radius 3 is 1.50 bits per heavy atom. The second-order valence-electron chi connectivity index (χ2n) is 8.16. The van der Waals surface area contributed by atoms with Crippen LogP contribution in [0.15, 0.2) is 22.3 Å². The molecule has 0 unspecified atom stereocenters. The fourth-order valence-electron chi connectivity index (χ4n) is 4.65. The number of nitrogens with zero attached hydrogens (tertiary/aromatic N) is 1. The normalized spacial score (nSPS) is 18.6. The van der Waals surface area contributed by atoms with Crippen molar-refractivity contribution in [1.29, 1.82) is 0 Å². The van der Waals surface area contributed by atoms with E-state index < -0.39 is 26.4 Å². The molecule has 1 rings (SSSR count). The van der Waals surface area contributed by atoms with Crippen molar-refractivity contribution in [2.24, 2.45) is 0 Å². The molecule has 115 valence electrons. The number of hydrogen-bond acceptors (Lipinski definition) is 1. The van der Waals surface area contributed by atoms with Gasteiger partial charge in [0.15, 0.2) is 0 Å². The Hall–Kier alpha value is 0.371. The van der Waals surface area contributed by atoms with Crippen LogP contribution in [0.5, 0.6) is 0 Å². The Morgan fingerprint density at radius 2 is 1.25 bits per heavy atom. The molecule has 0 aromatic carbocycles. The zero-order valence-corrected chi connectivity index (χ0v) is 18.1. The summed E-state index contributed by atoms with van der Waals surface area (Å²) >= 11 is -1.12. The number of allylic oxidation sites excluding steroid dienone is 4. The summed E-state index contributed by atoms with van der Waals surface area (Å²) in [6, 6.07) is 0. The van der Waals surface area contributed by atoms with E-state index in [1.54, 1.807) is 22.3 Å². The van der Waals surface area contributed by atoms with Crippen LogP contribution in [0.2, 0.25) is 29.1 Å². The van der Waals surface area contributed by atoms with E-state index in [2.05, 4.69) is 75.1 Å². The third-order valence-corrected chi connectivity index (χ3v) is 16.1. The molecule has 0 fully saturated rings. The molecule has 3 heteroatoms. The molecule has 0 radical (unpaired) electrons. The third kappa shape index (κ3) is 3.09. The molecule has 0 aromatic rings. The van der Waals surface area contributed by atoms with Gasteiger partial charge in [-0.2, -0.15) is 0 Å². The van der Waals surface area contributed by atoms with E-state index in [1.807, 2.05) is 0 Å². The molecule has 0 amide bonds. The molecule has 1 nitrogen and oxygen atoms in total. The van der Waals surface area contributed by atoms with Crippen LogP contribution in [-0.2, 0) is 18.1 Å². The standard InChI is InChI=1S/C15H28NSi.2CH3.Ti/c1-10-11(2)13(4)14(12(10)3)17(8,9)16-15(5,6)7;;;/h14H,1-9H3;2*1H3;/q-1;;;+1. The van der Waals surface area contributed by atoms with Crippen LogP contribution in [-0.4, -0.2) is 16.8 Å². The van der Waals surface area contributed by atoms with Crippen molar-refractivity contribution in [2.45, 2.75) is 83.1 Å². The third-order valence-electron chi connectivity index (χ3n) is 5.01. The fraction of sp³-hybridized carbons (Fsp3) is 0.765. The van der Waals surface area contributed by atoms with Gasteiger partial charge in [0.1, 0.15) is 0 Å². The number of hydrogen-bond donors (Lipinski definition) is 0. The maximum absolute atomic E-state index is 2.99. The molecule has 0 saturated heterocycles. The van der Waals surface area contributed by atoms with Crippen LogP contribution < -0.4 is 0 Å². The van der Waals surface area contributed by atoms with Gasteiger partial charge in [-0.05, 0) is 0 Å². The average Bonchev–Trinajstić information content (AvgIpc) is 2.39. The predicted molar refractivity (Wildman–Crippen MR) is 91.3 cm³/mol. The Bertz CT molecular complexity index is 428. The Kier molecular flexibility index (Phi) is 5.41. The van der Waals surface area contributed by atoms with Gasteiger partial charge in [0.05, 0.1) is 0 Å². The van der Waals surface area contributed by atoms with E-state index in [1.165, 1.54) is 0 Å². The summed E-state index contributed by atoms with van der Waals surface area (Å²) < 4.78 is 2.99. The second kappa shape index (κ2) is 5.87. The molecular formula is C17H34NSiTi. The molecule has 0 aromatic heterocycles. The van der Waals surface area contributed by atoms with Gasteiger partial charge in [0.25, 0.3) is 0 Å². The molecule has 0 aliphatic heterocycles. The Morgan fingerprint density at radius 1 is 0.900 bits per heavy atom. The molecule has 0 bridgehead atoms. The van der Waals surface area contributed by atoms with E-state index in [-0.39, 0.29) is 0 Å². The van der Waals surface area contributed by atoms with Gasteiger partial charge in [-0.1, -0.05) is 0 Å². The van der Waals surface area contributed by atoms with Crippen molar-refractivity contribution in [1.82, 2.24) is 3.05 Å². The summed E-state index contributed by atoms with van der Waals surface area (Å²) in [5.74, 6) is 0. The van der Waals surface area contributed by atoms with Crippen LogP contribution in [0.3, 0.4) is 0 Å². The van der Waals surface area contributed by atoms with Crippen LogP contribution >= 0.6 is 0 Å². The second-order valence-corrected chi connectivity index (χ2v) is 16.8. The van der Waals surface area contributed by atoms with Crippen LogP contribution in [0, 0.1) is 0 Å². The zero-order chi connectivity index (χ0) is 16.0. The predicted octanol–water partition coefficient (Wildman–Crippen LogP) is 5.98. The maximum atomic E-state index is 2.99. The summed E-state index contributed by atoms with van der Waals surface area (Å²) in [6.45, 7) is 21.8. The molecule has 0 atom stereocenters. The number of rotatable bonds is 3. The fourth-order valence-corrected chi connectivity index (χ4v) is 18.4. The van der Waals surface area contributed by atoms with Gasteiger partial charge >= 0.3 is 135 Å². The minimum absolute atomic E-state index is 0.305. The average molecular weight is 328 g/mol. The van der Waals surface area contributed by atoms with Gasteiger partial charge < -0.3 is 0 Å². The van der Waals surface area contributed by atoms with E-state index in [9.17, 15) is 0 Å². The molecule has 1 aliphatic carbocycles. The Balaban J connectivity index is 3.36. The first-order chi connectivity index (χ1) is 8.83. The van der Waals surface area contributed by atoms with Gasteiger partial charge in [-0.15, -0.1) is 0 Å². The monoisotopic (exact) mass is 328 g/mol. The van der Waals surface area contributed by atoms with E-state index in [4.69, 9.17) is 0 Å². The SMILES string of the molecule is CC1=C(C)C([Si](C)(C)[N]([Ti]([CH3])[CH3])C(C)(C)C)C(C)=C1C. The summed E-state index contributed by atoms with van der Waals surface area (Å²) in [5.41, 5.74) is 7.41. The molecule has 0 heterocycles. The van der Waals surface area contributed by atoms with Crippen molar-refractivity contribution in [3.8, 4) is 0 Å².